The molecule has 0 radical (unpaired) electrons. The summed E-state index contributed by atoms with van der Waals surface area (Å²) in [4.78, 5) is 18.7. The van der Waals surface area contributed by atoms with Crippen LogP contribution in [0.2, 0.25) is 0 Å². The summed E-state index contributed by atoms with van der Waals surface area (Å²) in [5, 5.41) is 22.2. The van der Waals surface area contributed by atoms with Crippen molar-refractivity contribution >= 4 is 17.5 Å². The van der Waals surface area contributed by atoms with Crippen molar-refractivity contribution in [3.63, 3.8) is 0 Å². The standard InChI is InChI=1S/C21H20N4O4/c1-13-4-5-15(17(26)11-13)23-19(27)14-6-8-25(9-7-14)21-16(12-22)24-20(29-21)18-3-2-10-28-18/h2-5,10-11,14,26H,6-9H2,1H3,(H,23,27). The summed E-state index contributed by atoms with van der Waals surface area (Å²) in [6.07, 6.45) is 2.71. The largest absolute Gasteiger partial charge is 0.506 e. The highest BCUT2D eigenvalue weighted by atomic mass is 16.4. The zero-order chi connectivity index (χ0) is 20.4. The molecule has 0 aliphatic carbocycles. The fourth-order valence-electron chi connectivity index (χ4n) is 3.43. The van der Waals surface area contributed by atoms with Gasteiger partial charge in [-0.25, -0.2) is 0 Å². The lowest BCUT2D eigenvalue weighted by atomic mass is 9.95. The quantitative estimate of drug-likeness (QED) is 0.651. The molecule has 2 aromatic heterocycles. The normalized spacial score (nSPS) is 14.6. The first kappa shape index (κ1) is 18.6. The molecule has 1 fully saturated rings. The highest BCUT2D eigenvalue weighted by molar-refractivity contribution is 5.94. The van der Waals surface area contributed by atoms with Gasteiger partial charge in [-0.2, -0.15) is 10.2 Å². The van der Waals surface area contributed by atoms with Crippen LogP contribution in [0.5, 0.6) is 5.75 Å². The summed E-state index contributed by atoms with van der Waals surface area (Å²) in [7, 11) is 0. The number of aryl methyl sites for hydroxylation is 1. The van der Waals surface area contributed by atoms with Gasteiger partial charge in [0.05, 0.1) is 12.0 Å². The molecule has 1 aliphatic rings. The number of aromatic hydroxyl groups is 1. The number of rotatable bonds is 4. The minimum atomic E-state index is -0.190. The Morgan fingerprint density at radius 3 is 2.79 bits per heavy atom. The second-order valence-electron chi connectivity index (χ2n) is 7.03. The lowest BCUT2D eigenvalue weighted by Crippen LogP contribution is -2.38. The first-order valence-electron chi connectivity index (χ1n) is 9.35. The Labute approximate surface area is 167 Å². The number of hydrogen-bond acceptors (Lipinski definition) is 7. The molecule has 0 spiro atoms. The second kappa shape index (κ2) is 7.72. The molecule has 148 valence electrons. The monoisotopic (exact) mass is 392 g/mol. The Morgan fingerprint density at radius 1 is 1.34 bits per heavy atom. The van der Waals surface area contributed by atoms with Crippen LogP contribution in [0.25, 0.3) is 11.7 Å². The highest BCUT2D eigenvalue weighted by Crippen LogP contribution is 2.32. The maximum Gasteiger partial charge on any atom is 0.266 e. The van der Waals surface area contributed by atoms with E-state index in [-0.39, 0.29) is 29.2 Å². The minimum Gasteiger partial charge on any atom is -0.506 e. The van der Waals surface area contributed by atoms with Crippen LogP contribution in [0, 0.1) is 24.2 Å². The van der Waals surface area contributed by atoms with Crippen molar-refractivity contribution < 1.29 is 18.7 Å². The molecular weight excluding hydrogens is 372 g/mol. The highest BCUT2D eigenvalue weighted by Gasteiger charge is 2.29. The molecule has 1 amide bonds. The predicted octanol–water partition coefficient (Wildman–Crippen LogP) is 3.68. The third kappa shape index (κ3) is 3.80. The number of nitrogens with one attached hydrogen (secondary N) is 1. The molecule has 3 heterocycles. The molecule has 1 aromatic carbocycles. The van der Waals surface area contributed by atoms with Crippen LogP contribution in [-0.4, -0.2) is 29.1 Å². The summed E-state index contributed by atoms with van der Waals surface area (Å²) >= 11 is 0. The zero-order valence-corrected chi connectivity index (χ0v) is 15.9. The first-order valence-corrected chi connectivity index (χ1v) is 9.35. The minimum absolute atomic E-state index is 0.0570. The number of nitrogens with zero attached hydrogens (tertiary/aromatic N) is 3. The number of carbonyl (C=O) groups is 1. The fraction of sp³-hybridized carbons (Fsp3) is 0.286. The number of oxazole rings is 1. The summed E-state index contributed by atoms with van der Waals surface area (Å²) in [5.41, 5.74) is 1.53. The average Bonchev–Trinajstić information content (AvgIpc) is 3.39. The van der Waals surface area contributed by atoms with Crippen LogP contribution in [0.15, 0.2) is 45.4 Å². The van der Waals surface area contributed by atoms with Crippen molar-refractivity contribution in [1.82, 2.24) is 4.98 Å². The Morgan fingerprint density at radius 2 is 2.14 bits per heavy atom. The molecule has 0 saturated carbocycles. The lowest BCUT2D eigenvalue weighted by Gasteiger charge is -2.31. The van der Waals surface area contributed by atoms with E-state index in [1.54, 1.807) is 24.3 Å². The van der Waals surface area contributed by atoms with Crippen molar-refractivity contribution in [2.24, 2.45) is 5.92 Å². The molecule has 4 rings (SSSR count). The number of carbonyl (C=O) groups excluding carboxylic acids is 1. The zero-order valence-electron chi connectivity index (χ0n) is 15.9. The van der Waals surface area contributed by atoms with Crippen LogP contribution in [-0.2, 0) is 4.79 Å². The van der Waals surface area contributed by atoms with Gasteiger partial charge >= 0.3 is 0 Å². The van der Waals surface area contributed by atoms with Gasteiger partial charge in [-0.15, -0.1) is 0 Å². The Balaban J connectivity index is 1.42. The Bertz CT molecular complexity index is 1060. The number of benzene rings is 1. The number of piperidine rings is 1. The molecule has 1 saturated heterocycles. The molecule has 0 atom stereocenters. The van der Waals surface area contributed by atoms with Crippen LogP contribution in [0.1, 0.15) is 24.1 Å². The van der Waals surface area contributed by atoms with Crippen LogP contribution < -0.4 is 10.2 Å². The van der Waals surface area contributed by atoms with Gasteiger partial charge < -0.3 is 24.2 Å². The summed E-state index contributed by atoms with van der Waals surface area (Å²) in [6, 6.07) is 10.6. The topological polar surface area (TPSA) is 116 Å². The van der Waals surface area contributed by atoms with Crippen LogP contribution >= 0.6 is 0 Å². The molecule has 8 nitrogen and oxygen atoms in total. The average molecular weight is 392 g/mol. The molecule has 0 bridgehead atoms. The molecular formula is C21H20N4O4. The van der Waals surface area contributed by atoms with E-state index < -0.39 is 0 Å². The van der Waals surface area contributed by atoms with Gasteiger partial charge in [-0.1, -0.05) is 6.07 Å². The smallest absolute Gasteiger partial charge is 0.266 e. The summed E-state index contributed by atoms with van der Waals surface area (Å²) in [6.45, 7) is 2.98. The van der Waals surface area contributed by atoms with E-state index >= 15 is 0 Å². The van der Waals surface area contributed by atoms with Crippen molar-refractivity contribution in [3.05, 3.63) is 47.9 Å². The molecule has 29 heavy (non-hydrogen) atoms. The number of aromatic nitrogens is 1. The Kier molecular flexibility index (Phi) is 4.96. The number of phenolic OH excluding ortho intramolecular Hbond substituents is 1. The number of furan rings is 1. The van der Waals surface area contributed by atoms with E-state index in [1.165, 1.54) is 6.26 Å². The van der Waals surface area contributed by atoms with Crippen molar-refractivity contribution in [3.8, 4) is 23.5 Å². The van der Waals surface area contributed by atoms with E-state index in [4.69, 9.17) is 8.83 Å². The number of phenols is 1. The Hall–Kier alpha value is -3.73. The van der Waals surface area contributed by atoms with Gasteiger partial charge in [-0.3, -0.25) is 4.79 Å². The van der Waals surface area contributed by atoms with E-state index in [2.05, 4.69) is 16.4 Å². The van der Waals surface area contributed by atoms with Gasteiger partial charge in [0.15, 0.2) is 5.76 Å². The number of hydrogen-bond donors (Lipinski definition) is 2. The molecule has 0 unspecified atom stereocenters. The number of anilines is 2. The van der Waals surface area contributed by atoms with Crippen molar-refractivity contribution in [2.75, 3.05) is 23.3 Å². The number of nitriles is 1. The van der Waals surface area contributed by atoms with E-state index in [0.717, 1.165) is 5.56 Å². The maximum atomic E-state index is 12.6. The lowest BCUT2D eigenvalue weighted by molar-refractivity contribution is -0.120. The maximum absolute atomic E-state index is 12.6. The fourth-order valence-corrected chi connectivity index (χ4v) is 3.43. The van der Waals surface area contributed by atoms with Gasteiger partial charge in [0, 0.05) is 19.0 Å². The summed E-state index contributed by atoms with van der Waals surface area (Å²) < 4.78 is 11.1. The number of amides is 1. The third-order valence-corrected chi connectivity index (χ3v) is 5.01. The SMILES string of the molecule is Cc1ccc(NC(=O)C2CCN(c3oc(-c4ccco4)nc3C#N)CC2)c(O)c1. The van der Waals surface area contributed by atoms with Crippen molar-refractivity contribution in [2.45, 2.75) is 19.8 Å². The molecule has 3 aromatic rings. The molecule has 8 heteroatoms. The second-order valence-corrected chi connectivity index (χ2v) is 7.03. The van der Waals surface area contributed by atoms with Gasteiger partial charge in [0.2, 0.25) is 17.5 Å². The van der Waals surface area contributed by atoms with Gasteiger partial charge in [0.1, 0.15) is 11.8 Å². The van der Waals surface area contributed by atoms with Crippen LogP contribution in [0.4, 0.5) is 11.6 Å². The third-order valence-electron chi connectivity index (χ3n) is 5.01. The van der Waals surface area contributed by atoms with E-state index in [9.17, 15) is 15.2 Å². The van der Waals surface area contributed by atoms with Crippen LogP contribution in [0.3, 0.4) is 0 Å². The van der Waals surface area contributed by atoms with Gasteiger partial charge in [0.25, 0.3) is 5.89 Å². The van der Waals surface area contributed by atoms with Crippen molar-refractivity contribution in [1.29, 1.82) is 5.26 Å². The molecule has 1 aliphatic heterocycles. The summed E-state index contributed by atoms with van der Waals surface area (Å²) in [5.74, 6) is 0.856. The van der Waals surface area contributed by atoms with E-state index in [1.807, 2.05) is 17.9 Å². The first-order chi connectivity index (χ1) is 14.0. The predicted molar refractivity (Wildman–Crippen MR) is 105 cm³/mol. The molecule has 2 N–H and O–H groups in total. The van der Waals surface area contributed by atoms with Gasteiger partial charge in [-0.05, 0) is 49.6 Å². The van der Waals surface area contributed by atoms with E-state index in [0.29, 0.717) is 43.3 Å².